The minimum absolute atomic E-state index is 0.218. The van der Waals surface area contributed by atoms with Crippen LogP contribution in [0.4, 0.5) is 5.69 Å². The molecule has 33 heavy (non-hydrogen) atoms. The lowest BCUT2D eigenvalue weighted by molar-refractivity contribution is -0.115. The van der Waals surface area contributed by atoms with Gasteiger partial charge in [0.2, 0.25) is 5.91 Å². The van der Waals surface area contributed by atoms with Crippen LogP contribution in [0, 0.1) is 22.7 Å². The van der Waals surface area contributed by atoms with E-state index in [2.05, 4.69) is 32.2 Å². The Kier molecular flexibility index (Phi) is 7.81. The molecular weight excluding hydrogens is 458 g/mol. The Balaban J connectivity index is 1.78. The van der Waals surface area contributed by atoms with Gasteiger partial charge < -0.3 is 14.8 Å². The van der Waals surface area contributed by atoms with Gasteiger partial charge in [-0.15, -0.1) is 0 Å². The molecule has 176 valence electrons. The first-order valence-corrected chi connectivity index (χ1v) is 12.1. The van der Waals surface area contributed by atoms with Gasteiger partial charge in [0.05, 0.1) is 35.7 Å². The molecule has 1 aromatic heterocycles. The molecule has 6 nitrogen and oxygen atoms in total. The lowest BCUT2D eigenvalue weighted by Gasteiger charge is -2.34. The number of aromatic nitrogens is 1. The predicted molar refractivity (Wildman–Crippen MR) is 132 cm³/mol. The first-order chi connectivity index (χ1) is 15.6. The SMILES string of the molecule is COc1cc(OC)c(NC(=O)C(C)Sc2nc3c(cc2C#N)CC(C(C)(C)C)CC3)cc1Cl. The fourth-order valence-electron chi connectivity index (χ4n) is 3.97. The third-order valence-electron chi connectivity index (χ3n) is 6.09. The molecule has 1 heterocycles. The topological polar surface area (TPSA) is 84.2 Å². The number of halogens is 1. The van der Waals surface area contributed by atoms with E-state index in [1.54, 1.807) is 19.1 Å². The Bertz CT molecular complexity index is 1090. The molecule has 0 aliphatic heterocycles. The highest BCUT2D eigenvalue weighted by Crippen LogP contribution is 2.39. The number of nitriles is 1. The Hall–Kier alpha value is -2.43. The van der Waals surface area contributed by atoms with Crippen LogP contribution < -0.4 is 14.8 Å². The number of hydrogen-bond acceptors (Lipinski definition) is 6. The highest BCUT2D eigenvalue weighted by Gasteiger charge is 2.30. The number of nitrogens with zero attached hydrogens (tertiary/aromatic N) is 2. The maximum absolute atomic E-state index is 12.9. The standard InChI is InChI=1S/C25H30ClN3O3S/c1-14(23(30)28-20-11-18(26)21(31-5)12-22(20)32-6)33-24-16(13-27)9-15-10-17(25(2,3)4)7-8-19(15)29-24/h9,11-12,14,17H,7-8,10H2,1-6H3,(H,28,30). The number of nitrogens with one attached hydrogen (secondary N) is 1. The summed E-state index contributed by atoms with van der Waals surface area (Å²) in [5.41, 5.74) is 3.37. The zero-order valence-electron chi connectivity index (χ0n) is 19.9. The van der Waals surface area contributed by atoms with Crippen molar-refractivity contribution in [3.05, 3.63) is 40.0 Å². The number of carbonyl (C=O) groups is 1. The number of fused-ring (bicyclic) bond motifs is 1. The Morgan fingerprint density at radius 3 is 2.58 bits per heavy atom. The minimum atomic E-state index is -0.487. The quantitative estimate of drug-likeness (QED) is 0.511. The summed E-state index contributed by atoms with van der Waals surface area (Å²) in [6.45, 7) is 8.57. The van der Waals surface area contributed by atoms with Crippen LogP contribution in [0.3, 0.4) is 0 Å². The molecule has 0 bridgehead atoms. The summed E-state index contributed by atoms with van der Waals surface area (Å²) in [5, 5.41) is 13.1. The van der Waals surface area contributed by atoms with Crippen molar-refractivity contribution in [2.45, 2.75) is 57.2 Å². The highest BCUT2D eigenvalue weighted by molar-refractivity contribution is 8.00. The lowest BCUT2D eigenvalue weighted by atomic mass is 9.71. The maximum Gasteiger partial charge on any atom is 0.237 e. The molecule has 3 rings (SSSR count). The van der Waals surface area contributed by atoms with Gasteiger partial charge in [-0.3, -0.25) is 4.79 Å². The number of anilines is 1. The molecule has 2 unspecified atom stereocenters. The predicted octanol–water partition coefficient (Wildman–Crippen LogP) is 5.89. The van der Waals surface area contributed by atoms with Crippen molar-refractivity contribution in [1.82, 2.24) is 4.98 Å². The number of pyridine rings is 1. The minimum Gasteiger partial charge on any atom is -0.495 e. The number of hydrogen-bond donors (Lipinski definition) is 1. The number of thioether (sulfide) groups is 1. The Morgan fingerprint density at radius 1 is 1.27 bits per heavy atom. The number of carbonyl (C=O) groups excluding carboxylic acids is 1. The van der Waals surface area contributed by atoms with Gasteiger partial charge in [0.25, 0.3) is 0 Å². The molecule has 0 saturated carbocycles. The molecule has 0 spiro atoms. The lowest BCUT2D eigenvalue weighted by Crippen LogP contribution is -2.28. The van der Waals surface area contributed by atoms with Crippen LogP contribution in [0.1, 0.15) is 50.9 Å². The van der Waals surface area contributed by atoms with Crippen LogP contribution >= 0.6 is 23.4 Å². The summed E-state index contributed by atoms with van der Waals surface area (Å²) in [6.07, 6.45) is 2.89. The number of rotatable bonds is 6. The first-order valence-electron chi connectivity index (χ1n) is 10.9. The van der Waals surface area contributed by atoms with Crippen molar-refractivity contribution in [2.75, 3.05) is 19.5 Å². The van der Waals surface area contributed by atoms with Gasteiger partial charge >= 0.3 is 0 Å². The van der Waals surface area contributed by atoms with E-state index in [9.17, 15) is 10.1 Å². The van der Waals surface area contributed by atoms with Gasteiger partial charge in [-0.25, -0.2) is 4.98 Å². The summed E-state index contributed by atoms with van der Waals surface area (Å²) in [5.74, 6) is 1.22. The van der Waals surface area contributed by atoms with E-state index in [0.29, 0.717) is 38.7 Å². The Morgan fingerprint density at radius 2 is 1.97 bits per heavy atom. The van der Waals surface area contributed by atoms with Crippen molar-refractivity contribution in [2.24, 2.45) is 11.3 Å². The van der Waals surface area contributed by atoms with Gasteiger partial charge in [-0.1, -0.05) is 44.1 Å². The molecule has 2 atom stereocenters. The zero-order valence-corrected chi connectivity index (χ0v) is 21.5. The molecule has 1 N–H and O–H groups in total. The number of methoxy groups -OCH3 is 2. The number of ether oxygens (including phenoxy) is 2. The van der Waals surface area contributed by atoms with Crippen molar-refractivity contribution >= 4 is 35.0 Å². The van der Waals surface area contributed by atoms with E-state index in [4.69, 9.17) is 26.1 Å². The van der Waals surface area contributed by atoms with Crippen LogP contribution in [-0.2, 0) is 17.6 Å². The first kappa shape index (κ1) is 25.2. The molecular formula is C25H30ClN3O3S. The second kappa shape index (κ2) is 10.2. The van der Waals surface area contributed by atoms with Gasteiger partial charge in [-0.05, 0) is 55.2 Å². The van der Waals surface area contributed by atoms with Gasteiger partial charge in [0.15, 0.2) is 0 Å². The maximum atomic E-state index is 12.9. The van der Waals surface area contributed by atoms with Crippen LogP contribution in [0.2, 0.25) is 5.02 Å². The van der Waals surface area contributed by atoms with Gasteiger partial charge in [-0.2, -0.15) is 5.26 Å². The molecule has 1 aromatic carbocycles. The molecule has 2 aromatic rings. The average Bonchev–Trinajstić information content (AvgIpc) is 2.77. The second-order valence-electron chi connectivity index (χ2n) is 9.30. The summed E-state index contributed by atoms with van der Waals surface area (Å²) in [6, 6.07) is 7.44. The second-order valence-corrected chi connectivity index (χ2v) is 11.0. The number of aryl methyl sites for hydroxylation is 1. The largest absolute Gasteiger partial charge is 0.495 e. The van der Waals surface area contributed by atoms with Crippen LogP contribution in [0.5, 0.6) is 11.5 Å². The smallest absolute Gasteiger partial charge is 0.237 e. The van der Waals surface area contributed by atoms with Crippen LogP contribution in [0.25, 0.3) is 0 Å². The van der Waals surface area contributed by atoms with E-state index in [0.717, 1.165) is 30.5 Å². The normalized spacial score (nSPS) is 16.4. The summed E-state index contributed by atoms with van der Waals surface area (Å²) in [4.78, 5) is 17.7. The van der Waals surface area contributed by atoms with Crippen molar-refractivity contribution in [3.63, 3.8) is 0 Å². The number of benzene rings is 1. The molecule has 0 saturated heterocycles. The third kappa shape index (κ3) is 5.74. The van der Waals surface area contributed by atoms with Gasteiger partial charge in [0.1, 0.15) is 22.6 Å². The molecule has 8 heteroatoms. The van der Waals surface area contributed by atoms with E-state index in [1.807, 2.05) is 6.07 Å². The average molecular weight is 488 g/mol. The summed E-state index contributed by atoms with van der Waals surface area (Å²) < 4.78 is 10.6. The van der Waals surface area contributed by atoms with Crippen LogP contribution in [-0.4, -0.2) is 30.4 Å². The van der Waals surface area contributed by atoms with E-state index >= 15 is 0 Å². The fourth-order valence-corrected chi connectivity index (χ4v) is 5.10. The summed E-state index contributed by atoms with van der Waals surface area (Å²) in [7, 11) is 3.02. The van der Waals surface area contributed by atoms with Crippen molar-refractivity contribution in [1.29, 1.82) is 5.26 Å². The molecule has 1 aliphatic rings. The van der Waals surface area contributed by atoms with Crippen LogP contribution in [0.15, 0.2) is 23.2 Å². The van der Waals surface area contributed by atoms with E-state index < -0.39 is 5.25 Å². The third-order valence-corrected chi connectivity index (χ3v) is 7.48. The Labute approximate surface area is 205 Å². The highest BCUT2D eigenvalue weighted by atomic mass is 35.5. The molecule has 1 amide bonds. The van der Waals surface area contributed by atoms with E-state index in [-0.39, 0.29) is 11.3 Å². The fraction of sp³-hybridized carbons (Fsp3) is 0.480. The van der Waals surface area contributed by atoms with E-state index in [1.165, 1.54) is 26.0 Å². The van der Waals surface area contributed by atoms with Gasteiger partial charge in [0, 0.05) is 11.8 Å². The van der Waals surface area contributed by atoms with Crippen molar-refractivity contribution in [3.8, 4) is 17.6 Å². The monoisotopic (exact) mass is 487 g/mol. The summed E-state index contributed by atoms with van der Waals surface area (Å²) >= 11 is 7.50. The van der Waals surface area contributed by atoms with Crippen molar-refractivity contribution < 1.29 is 14.3 Å². The zero-order chi connectivity index (χ0) is 24.3. The number of amides is 1. The molecule has 0 radical (unpaired) electrons. The molecule has 1 aliphatic carbocycles. The molecule has 0 fully saturated rings.